The Labute approximate surface area is 137 Å². The molecule has 1 fully saturated rings. The third kappa shape index (κ3) is 4.42. The van der Waals surface area contributed by atoms with Crippen LogP contribution in [-0.2, 0) is 17.1 Å². The highest BCUT2D eigenvalue weighted by atomic mass is 35.5. The van der Waals surface area contributed by atoms with Crippen molar-refractivity contribution in [3.8, 4) is 0 Å². The molecule has 0 aromatic carbocycles. The van der Waals surface area contributed by atoms with Gasteiger partial charge in [-0.15, -0.1) is 0 Å². The van der Waals surface area contributed by atoms with Crippen molar-refractivity contribution in [1.29, 1.82) is 0 Å². The van der Waals surface area contributed by atoms with Crippen LogP contribution in [0.25, 0.3) is 0 Å². The number of nitrogens with zero attached hydrogens (tertiary/aromatic N) is 4. The van der Waals surface area contributed by atoms with Gasteiger partial charge in [0.15, 0.2) is 0 Å². The molecule has 1 aliphatic heterocycles. The number of nitrogens with one attached hydrogen (secondary N) is 1. The highest BCUT2D eigenvalue weighted by Crippen LogP contribution is 2.18. The summed E-state index contributed by atoms with van der Waals surface area (Å²) in [6.45, 7) is 7.47. The number of aryl methyl sites for hydroxylation is 1. The molecule has 1 aliphatic rings. The predicted molar refractivity (Wildman–Crippen MR) is 86.5 cm³/mol. The second-order valence-electron chi connectivity index (χ2n) is 6.01. The largest absolute Gasteiger partial charge is 0.324 e. The van der Waals surface area contributed by atoms with E-state index in [2.05, 4.69) is 26.6 Å². The van der Waals surface area contributed by atoms with Gasteiger partial charge < -0.3 is 14.4 Å². The van der Waals surface area contributed by atoms with Crippen molar-refractivity contribution >= 4 is 21.6 Å². The molecule has 126 valence electrons. The van der Waals surface area contributed by atoms with E-state index >= 15 is 0 Å². The van der Waals surface area contributed by atoms with Crippen LogP contribution in [0, 0.1) is 5.92 Å². The number of likely N-dealkylation sites (N-methyl/N-ethyl adjacent to an activating group) is 1. The molecule has 1 N–H and O–H groups in total. The molecule has 1 atom stereocenters. The van der Waals surface area contributed by atoms with Gasteiger partial charge in [-0.3, -0.25) is 0 Å². The fraction of sp³-hybridized carbons (Fsp3) is 0.769. The molecule has 1 aromatic heterocycles. The van der Waals surface area contributed by atoms with Crippen molar-refractivity contribution in [2.45, 2.75) is 11.9 Å². The maximum absolute atomic E-state index is 12.2. The molecular weight excluding hydrogens is 326 g/mol. The van der Waals surface area contributed by atoms with Crippen molar-refractivity contribution in [3.63, 3.8) is 0 Å². The van der Waals surface area contributed by atoms with Gasteiger partial charge in [0.1, 0.15) is 5.15 Å². The number of aromatic nitrogens is 2. The summed E-state index contributed by atoms with van der Waals surface area (Å²) < 4.78 is 28.5. The molecule has 2 rings (SSSR count). The van der Waals surface area contributed by atoms with Crippen LogP contribution >= 0.6 is 11.6 Å². The second-order valence-corrected chi connectivity index (χ2v) is 8.05. The molecule has 7 nitrogen and oxygen atoms in total. The maximum atomic E-state index is 12.2. The first-order valence-corrected chi connectivity index (χ1v) is 9.23. The Morgan fingerprint density at radius 1 is 1.32 bits per heavy atom. The zero-order valence-electron chi connectivity index (χ0n) is 13.3. The van der Waals surface area contributed by atoms with E-state index < -0.39 is 10.0 Å². The molecule has 1 saturated heterocycles. The highest BCUT2D eigenvalue weighted by Gasteiger charge is 2.23. The molecular formula is C13H24ClN5O2S. The number of piperazine rings is 1. The summed E-state index contributed by atoms with van der Waals surface area (Å²) in [4.78, 5) is 8.52. The normalized spacial score (nSPS) is 19.5. The minimum Gasteiger partial charge on any atom is -0.324 e. The van der Waals surface area contributed by atoms with Crippen molar-refractivity contribution in [2.75, 3.05) is 46.3 Å². The topological polar surface area (TPSA) is 70.5 Å². The van der Waals surface area contributed by atoms with Gasteiger partial charge in [-0.2, -0.15) is 0 Å². The molecule has 0 bridgehead atoms. The van der Waals surface area contributed by atoms with Crippen molar-refractivity contribution in [3.05, 3.63) is 11.5 Å². The van der Waals surface area contributed by atoms with Crippen LogP contribution in [0.15, 0.2) is 11.4 Å². The first kappa shape index (κ1) is 17.7. The minimum atomic E-state index is -3.66. The van der Waals surface area contributed by atoms with Gasteiger partial charge >= 0.3 is 0 Å². The van der Waals surface area contributed by atoms with Crippen LogP contribution in [0.1, 0.15) is 6.92 Å². The van der Waals surface area contributed by atoms with Crippen molar-refractivity contribution in [2.24, 2.45) is 13.0 Å². The van der Waals surface area contributed by atoms with E-state index in [1.165, 1.54) is 10.9 Å². The molecule has 1 aromatic rings. The van der Waals surface area contributed by atoms with Crippen LogP contribution in [0.3, 0.4) is 0 Å². The highest BCUT2D eigenvalue weighted by molar-refractivity contribution is 7.89. The third-order valence-corrected chi connectivity index (χ3v) is 5.79. The fourth-order valence-corrected chi connectivity index (χ4v) is 4.02. The van der Waals surface area contributed by atoms with E-state index in [4.69, 9.17) is 11.6 Å². The first-order chi connectivity index (χ1) is 10.3. The summed E-state index contributed by atoms with van der Waals surface area (Å²) in [5.41, 5.74) is 0. The Balaban J connectivity index is 1.85. The van der Waals surface area contributed by atoms with Crippen LogP contribution < -0.4 is 4.72 Å². The van der Waals surface area contributed by atoms with Gasteiger partial charge in [-0.05, 0) is 13.0 Å². The molecule has 22 heavy (non-hydrogen) atoms. The van der Waals surface area contributed by atoms with Crippen molar-refractivity contribution < 1.29 is 8.42 Å². The zero-order chi connectivity index (χ0) is 16.3. The Bertz CT molecular complexity index is 596. The lowest BCUT2D eigenvalue weighted by molar-refractivity contribution is 0.139. The van der Waals surface area contributed by atoms with Crippen LogP contribution in [0.4, 0.5) is 0 Å². The van der Waals surface area contributed by atoms with Gasteiger partial charge in [0, 0.05) is 46.3 Å². The van der Waals surface area contributed by atoms with Gasteiger partial charge in [-0.25, -0.2) is 18.1 Å². The molecule has 0 amide bonds. The lowest BCUT2D eigenvalue weighted by Crippen LogP contribution is -2.46. The maximum Gasteiger partial charge on any atom is 0.261 e. The molecule has 0 spiro atoms. The van der Waals surface area contributed by atoms with E-state index in [9.17, 15) is 8.42 Å². The van der Waals surface area contributed by atoms with Crippen LogP contribution in [-0.4, -0.2) is 74.1 Å². The Kier molecular flexibility index (Phi) is 5.84. The summed E-state index contributed by atoms with van der Waals surface area (Å²) in [7, 11) is 0.118. The number of rotatable bonds is 6. The summed E-state index contributed by atoms with van der Waals surface area (Å²) in [6.07, 6.45) is 1.39. The average Bonchev–Trinajstić information content (AvgIpc) is 2.80. The average molecular weight is 350 g/mol. The monoisotopic (exact) mass is 349 g/mol. The quantitative estimate of drug-likeness (QED) is 0.796. The standard InChI is InChI=1S/C13H24ClN5O2S/c1-11(9-19-6-4-17(2)5-7-19)8-16-22(20,21)13-12(14)18(3)10-15-13/h10-11,16H,4-9H2,1-3H3/t11-/m1/s1. The molecule has 0 aliphatic carbocycles. The van der Waals surface area contributed by atoms with E-state index in [0.717, 1.165) is 32.7 Å². The zero-order valence-corrected chi connectivity index (χ0v) is 14.9. The Morgan fingerprint density at radius 2 is 1.95 bits per heavy atom. The minimum absolute atomic E-state index is 0.108. The molecule has 0 radical (unpaired) electrons. The summed E-state index contributed by atoms with van der Waals surface area (Å²) in [5, 5.41) is 0.0164. The van der Waals surface area contributed by atoms with E-state index in [1.807, 2.05) is 6.92 Å². The van der Waals surface area contributed by atoms with E-state index in [0.29, 0.717) is 6.54 Å². The number of sulfonamides is 1. The molecule has 0 unspecified atom stereocenters. The van der Waals surface area contributed by atoms with Gasteiger partial charge in [-0.1, -0.05) is 18.5 Å². The third-order valence-electron chi connectivity index (χ3n) is 3.88. The summed E-state index contributed by atoms with van der Waals surface area (Å²) in [6, 6.07) is 0. The summed E-state index contributed by atoms with van der Waals surface area (Å²) in [5.74, 6) is 0.223. The number of imidazole rings is 1. The van der Waals surface area contributed by atoms with Gasteiger partial charge in [0.25, 0.3) is 10.0 Å². The van der Waals surface area contributed by atoms with Crippen LogP contribution in [0.5, 0.6) is 0 Å². The molecule has 2 heterocycles. The lowest BCUT2D eigenvalue weighted by atomic mass is 10.1. The van der Waals surface area contributed by atoms with Crippen LogP contribution in [0.2, 0.25) is 5.15 Å². The van der Waals surface area contributed by atoms with Gasteiger partial charge in [0.05, 0.1) is 6.33 Å². The Morgan fingerprint density at radius 3 is 2.50 bits per heavy atom. The fourth-order valence-electron chi connectivity index (χ4n) is 2.43. The predicted octanol–water partition coefficient (Wildman–Crippen LogP) is 0.235. The lowest BCUT2D eigenvalue weighted by Gasteiger charge is -2.33. The summed E-state index contributed by atoms with van der Waals surface area (Å²) >= 11 is 5.95. The SMILES string of the molecule is C[C@H](CNS(=O)(=O)c1ncn(C)c1Cl)CN1CCN(C)CC1. The van der Waals surface area contributed by atoms with E-state index in [-0.39, 0.29) is 16.1 Å². The first-order valence-electron chi connectivity index (χ1n) is 7.37. The number of halogens is 1. The molecule has 9 heteroatoms. The van der Waals surface area contributed by atoms with E-state index in [1.54, 1.807) is 7.05 Å². The van der Waals surface area contributed by atoms with Gasteiger partial charge in [0.2, 0.25) is 5.03 Å². The molecule has 0 saturated carbocycles. The second kappa shape index (κ2) is 7.27. The smallest absolute Gasteiger partial charge is 0.261 e. The number of hydrogen-bond acceptors (Lipinski definition) is 5. The number of hydrogen-bond donors (Lipinski definition) is 1. The Hall–Kier alpha value is -0.670. The van der Waals surface area contributed by atoms with Crippen molar-refractivity contribution in [1.82, 2.24) is 24.1 Å².